The zero-order chi connectivity index (χ0) is 23.6. The molecule has 0 bridgehead atoms. The minimum atomic E-state index is -1.13. The molecule has 1 aromatic carbocycles. The Morgan fingerprint density at radius 2 is 1.76 bits per heavy atom. The highest BCUT2D eigenvalue weighted by Gasteiger charge is 2.16. The predicted molar refractivity (Wildman–Crippen MR) is 137 cm³/mol. The summed E-state index contributed by atoms with van der Waals surface area (Å²) < 4.78 is 16.0. The first-order valence-corrected chi connectivity index (χ1v) is 14.9. The molecule has 4 aromatic rings. The maximum atomic E-state index is 6.12. The molecule has 0 aliphatic rings. The SMILES string of the molecule is CN(C)c1ccc(Oc2cnc3c(c2)c(-c2cnn(C)c2)cn3COCC[Si](C)(C)C)cc1. The van der Waals surface area contributed by atoms with Crippen molar-refractivity contribution in [2.45, 2.75) is 32.4 Å². The molecule has 0 atom stereocenters. The Labute approximate surface area is 196 Å². The molecule has 174 valence electrons. The number of pyridine rings is 1. The van der Waals surface area contributed by atoms with E-state index in [0.717, 1.165) is 46.2 Å². The Morgan fingerprint density at radius 1 is 1.00 bits per heavy atom. The molecular weight excluding hydrogens is 430 g/mol. The van der Waals surface area contributed by atoms with Crippen molar-refractivity contribution in [3.05, 3.63) is 55.1 Å². The summed E-state index contributed by atoms with van der Waals surface area (Å²) in [6.45, 7) is 8.32. The molecule has 0 radical (unpaired) electrons. The normalized spacial score (nSPS) is 11.8. The molecule has 0 fully saturated rings. The monoisotopic (exact) mass is 463 g/mol. The molecule has 33 heavy (non-hydrogen) atoms. The van der Waals surface area contributed by atoms with Crippen LogP contribution in [0.1, 0.15) is 0 Å². The summed E-state index contributed by atoms with van der Waals surface area (Å²) in [6, 6.07) is 11.2. The van der Waals surface area contributed by atoms with E-state index in [1.54, 1.807) is 6.20 Å². The summed E-state index contributed by atoms with van der Waals surface area (Å²) in [7, 11) is 4.84. The molecule has 0 aliphatic heterocycles. The first-order valence-electron chi connectivity index (χ1n) is 11.2. The summed E-state index contributed by atoms with van der Waals surface area (Å²) in [6.07, 6.45) is 7.75. The summed E-state index contributed by atoms with van der Waals surface area (Å²) in [4.78, 5) is 6.80. The average Bonchev–Trinajstić information content (AvgIpc) is 3.34. The molecular formula is C25H33N5O2Si. The van der Waals surface area contributed by atoms with Crippen LogP contribution in [0.15, 0.2) is 55.1 Å². The third-order valence-electron chi connectivity index (χ3n) is 5.52. The molecule has 7 nitrogen and oxygen atoms in total. The van der Waals surface area contributed by atoms with E-state index in [-0.39, 0.29) is 0 Å². The van der Waals surface area contributed by atoms with E-state index in [2.05, 4.69) is 40.4 Å². The Hall–Kier alpha value is -3.10. The number of benzene rings is 1. The van der Waals surface area contributed by atoms with Crippen LogP contribution in [0.5, 0.6) is 11.5 Å². The van der Waals surface area contributed by atoms with E-state index >= 15 is 0 Å². The van der Waals surface area contributed by atoms with Gasteiger partial charge in [-0.3, -0.25) is 4.68 Å². The van der Waals surface area contributed by atoms with Crippen molar-refractivity contribution in [2.24, 2.45) is 7.05 Å². The number of hydrogen-bond acceptors (Lipinski definition) is 5. The van der Waals surface area contributed by atoms with Crippen molar-refractivity contribution in [3.63, 3.8) is 0 Å². The molecule has 0 unspecified atom stereocenters. The van der Waals surface area contributed by atoms with Gasteiger partial charge in [0, 0.05) is 70.4 Å². The number of aromatic nitrogens is 4. The molecule has 0 N–H and O–H groups in total. The van der Waals surface area contributed by atoms with E-state index in [1.807, 2.05) is 68.6 Å². The van der Waals surface area contributed by atoms with Gasteiger partial charge in [-0.15, -0.1) is 0 Å². The fourth-order valence-corrected chi connectivity index (χ4v) is 4.34. The summed E-state index contributed by atoms with van der Waals surface area (Å²) in [5.74, 6) is 1.47. The maximum absolute atomic E-state index is 6.12. The van der Waals surface area contributed by atoms with Crippen LogP contribution in [-0.2, 0) is 18.5 Å². The quantitative estimate of drug-likeness (QED) is 0.239. The summed E-state index contributed by atoms with van der Waals surface area (Å²) in [5.41, 5.74) is 4.10. The Morgan fingerprint density at radius 3 is 2.39 bits per heavy atom. The van der Waals surface area contributed by atoms with Crippen molar-refractivity contribution in [3.8, 4) is 22.6 Å². The van der Waals surface area contributed by atoms with E-state index < -0.39 is 8.07 Å². The molecule has 3 aromatic heterocycles. The van der Waals surface area contributed by atoms with Gasteiger partial charge in [0.05, 0.1) is 12.4 Å². The van der Waals surface area contributed by atoms with Gasteiger partial charge in [-0.1, -0.05) is 19.6 Å². The lowest BCUT2D eigenvalue weighted by Crippen LogP contribution is -2.22. The fourth-order valence-electron chi connectivity index (χ4n) is 3.59. The summed E-state index contributed by atoms with van der Waals surface area (Å²) >= 11 is 0. The largest absolute Gasteiger partial charge is 0.456 e. The number of hydrogen-bond donors (Lipinski definition) is 0. The second kappa shape index (κ2) is 9.41. The number of ether oxygens (including phenoxy) is 2. The molecule has 3 heterocycles. The number of rotatable bonds is 9. The third-order valence-corrected chi connectivity index (χ3v) is 7.22. The van der Waals surface area contributed by atoms with Gasteiger partial charge in [-0.25, -0.2) is 4.98 Å². The number of fused-ring (bicyclic) bond motifs is 1. The second-order valence-electron chi connectivity index (χ2n) is 9.80. The topological polar surface area (TPSA) is 57.3 Å². The Kier molecular flexibility index (Phi) is 6.58. The molecule has 0 spiro atoms. The molecule has 4 rings (SSSR count). The van der Waals surface area contributed by atoms with Gasteiger partial charge in [-0.2, -0.15) is 5.10 Å². The van der Waals surface area contributed by atoms with Crippen molar-refractivity contribution >= 4 is 24.8 Å². The van der Waals surface area contributed by atoms with Crippen molar-refractivity contribution < 1.29 is 9.47 Å². The third kappa shape index (κ3) is 5.64. The van der Waals surface area contributed by atoms with Gasteiger partial charge >= 0.3 is 0 Å². The van der Waals surface area contributed by atoms with Crippen LogP contribution in [-0.4, -0.2) is 48.1 Å². The van der Waals surface area contributed by atoms with Gasteiger partial charge in [-0.05, 0) is 36.4 Å². The minimum absolute atomic E-state index is 0.473. The number of nitrogens with zero attached hydrogens (tertiary/aromatic N) is 5. The smallest absolute Gasteiger partial charge is 0.146 e. The van der Waals surface area contributed by atoms with E-state index in [1.165, 1.54) is 0 Å². The highest BCUT2D eigenvalue weighted by atomic mass is 28.3. The zero-order valence-electron chi connectivity index (χ0n) is 20.4. The van der Waals surface area contributed by atoms with Crippen molar-refractivity contribution in [1.29, 1.82) is 0 Å². The van der Waals surface area contributed by atoms with Crippen molar-refractivity contribution in [1.82, 2.24) is 19.3 Å². The fraction of sp³-hybridized carbons (Fsp3) is 0.360. The van der Waals surface area contributed by atoms with Crippen LogP contribution in [0.25, 0.3) is 22.2 Å². The van der Waals surface area contributed by atoms with E-state index in [4.69, 9.17) is 14.5 Å². The van der Waals surface area contributed by atoms with Crippen LogP contribution in [0.3, 0.4) is 0 Å². The predicted octanol–water partition coefficient (Wildman–Crippen LogP) is 5.61. The first-order chi connectivity index (χ1) is 15.7. The number of anilines is 1. The van der Waals surface area contributed by atoms with E-state index in [9.17, 15) is 0 Å². The first kappa shape index (κ1) is 23.1. The Bertz CT molecular complexity index is 1220. The lowest BCUT2D eigenvalue weighted by atomic mass is 10.1. The van der Waals surface area contributed by atoms with E-state index in [0.29, 0.717) is 12.5 Å². The summed E-state index contributed by atoms with van der Waals surface area (Å²) in [5, 5.41) is 5.36. The second-order valence-corrected chi connectivity index (χ2v) is 15.4. The highest BCUT2D eigenvalue weighted by molar-refractivity contribution is 6.76. The van der Waals surface area contributed by atoms with Crippen LogP contribution in [0.4, 0.5) is 5.69 Å². The minimum Gasteiger partial charge on any atom is -0.456 e. The van der Waals surface area contributed by atoms with Crippen LogP contribution < -0.4 is 9.64 Å². The molecule has 0 saturated heterocycles. The molecule has 0 amide bonds. The number of aryl methyl sites for hydroxylation is 1. The van der Waals surface area contributed by atoms with Gasteiger partial charge in [0.1, 0.15) is 23.9 Å². The van der Waals surface area contributed by atoms with Gasteiger partial charge in [0.25, 0.3) is 0 Å². The van der Waals surface area contributed by atoms with Crippen LogP contribution >= 0.6 is 0 Å². The van der Waals surface area contributed by atoms with Crippen LogP contribution in [0, 0.1) is 0 Å². The highest BCUT2D eigenvalue weighted by Crippen LogP contribution is 2.33. The molecule has 0 saturated carbocycles. The van der Waals surface area contributed by atoms with Crippen LogP contribution in [0.2, 0.25) is 25.7 Å². The van der Waals surface area contributed by atoms with Crippen molar-refractivity contribution in [2.75, 3.05) is 25.6 Å². The Balaban J connectivity index is 1.62. The van der Waals surface area contributed by atoms with Gasteiger partial charge < -0.3 is 18.9 Å². The molecule has 0 aliphatic carbocycles. The van der Waals surface area contributed by atoms with Gasteiger partial charge in [0.2, 0.25) is 0 Å². The van der Waals surface area contributed by atoms with Gasteiger partial charge in [0.15, 0.2) is 0 Å². The lowest BCUT2D eigenvalue weighted by molar-refractivity contribution is 0.0899. The zero-order valence-corrected chi connectivity index (χ0v) is 21.4. The maximum Gasteiger partial charge on any atom is 0.146 e. The lowest BCUT2D eigenvalue weighted by Gasteiger charge is -2.15. The molecule has 8 heteroatoms. The standard InChI is InChI=1S/C25H33N5O2Si/c1-28(2)20-7-9-21(10-8-20)32-22-13-23-24(19-14-27-29(3)16-19)17-30(25(23)26-15-22)18-31-11-12-33(4,5)6/h7-10,13-17H,11-12,18H2,1-6H3. The average molecular weight is 464 g/mol.